The standard InChI is InChI=1S/C13H14F2N2O4.C5H5N/c14-13(15)20-10-2-1-8(6-11(10)21-13)5-9-7-16-3-4-17(9)12(18)19;1-2-4-6-5-3-1/h1-2,6,9,16H,3-5,7H2,(H,18,19);1-5H. The molecule has 4 rings (SSSR count). The van der Waals surface area contributed by atoms with Gasteiger partial charge in [-0.05, 0) is 36.2 Å². The van der Waals surface area contributed by atoms with Crippen LogP contribution in [0.4, 0.5) is 13.6 Å². The summed E-state index contributed by atoms with van der Waals surface area (Å²) in [6.07, 6.45) is -0.698. The normalized spacial score (nSPS) is 19.8. The van der Waals surface area contributed by atoms with E-state index in [0.29, 0.717) is 26.1 Å². The lowest BCUT2D eigenvalue weighted by molar-refractivity contribution is -0.286. The Balaban J connectivity index is 0.000000299. The molecular weight excluding hydrogens is 360 g/mol. The fraction of sp³-hybridized carbons (Fsp3) is 0.333. The zero-order valence-electron chi connectivity index (χ0n) is 14.3. The fourth-order valence-corrected chi connectivity index (χ4v) is 2.90. The second-order valence-corrected chi connectivity index (χ2v) is 6.01. The molecule has 1 aromatic carbocycles. The van der Waals surface area contributed by atoms with Gasteiger partial charge in [0.05, 0.1) is 6.04 Å². The van der Waals surface area contributed by atoms with E-state index in [2.05, 4.69) is 19.8 Å². The zero-order valence-corrected chi connectivity index (χ0v) is 14.3. The molecule has 0 saturated carbocycles. The van der Waals surface area contributed by atoms with Crippen molar-refractivity contribution >= 4 is 6.09 Å². The molecule has 9 heteroatoms. The number of fused-ring (bicyclic) bond motifs is 1. The number of aromatic nitrogens is 1. The van der Waals surface area contributed by atoms with E-state index in [9.17, 15) is 13.6 Å². The van der Waals surface area contributed by atoms with Crippen molar-refractivity contribution in [1.29, 1.82) is 0 Å². The molecule has 2 aliphatic rings. The molecule has 2 N–H and O–H groups in total. The molecule has 2 aliphatic heterocycles. The third kappa shape index (κ3) is 5.04. The van der Waals surface area contributed by atoms with E-state index >= 15 is 0 Å². The summed E-state index contributed by atoms with van der Waals surface area (Å²) in [5.41, 5.74) is 0.718. The van der Waals surface area contributed by atoms with Crippen molar-refractivity contribution in [2.45, 2.75) is 18.8 Å². The monoisotopic (exact) mass is 379 g/mol. The Bertz CT molecular complexity index is 750. The zero-order chi connectivity index (χ0) is 19.3. The number of nitrogens with one attached hydrogen (secondary N) is 1. The van der Waals surface area contributed by atoms with Crippen LogP contribution in [0.5, 0.6) is 11.5 Å². The van der Waals surface area contributed by atoms with Crippen LogP contribution in [-0.4, -0.2) is 53.1 Å². The van der Waals surface area contributed by atoms with E-state index < -0.39 is 12.4 Å². The van der Waals surface area contributed by atoms with Crippen molar-refractivity contribution in [2.24, 2.45) is 0 Å². The van der Waals surface area contributed by atoms with Gasteiger partial charge < -0.3 is 24.8 Å². The number of hydrogen-bond acceptors (Lipinski definition) is 5. The topological polar surface area (TPSA) is 83.9 Å². The molecule has 1 atom stereocenters. The Morgan fingerprint density at radius 1 is 1.26 bits per heavy atom. The van der Waals surface area contributed by atoms with Crippen LogP contribution in [0.1, 0.15) is 5.56 Å². The number of halogens is 2. The molecule has 1 unspecified atom stereocenters. The lowest BCUT2D eigenvalue weighted by Crippen LogP contribution is -2.54. The van der Waals surface area contributed by atoms with Gasteiger partial charge in [0.15, 0.2) is 11.5 Å². The Morgan fingerprint density at radius 2 is 2.00 bits per heavy atom. The highest BCUT2D eigenvalue weighted by atomic mass is 19.3. The first-order valence-corrected chi connectivity index (χ1v) is 8.39. The second kappa shape index (κ2) is 8.17. The molecule has 2 aromatic rings. The minimum absolute atomic E-state index is 0.0133. The quantitative estimate of drug-likeness (QED) is 0.835. The molecule has 1 amide bonds. The summed E-state index contributed by atoms with van der Waals surface area (Å²) in [6, 6.07) is 9.99. The Morgan fingerprint density at radius 3 is 2.63 bits per heavy atom. The largest absolute Gasteiger partial charge is 0.586 e. The summed E-state index contributed by atoms with van der Waals surface area (Å²) < 4.78 is 34.6. The van der Waals surface area contributed by atoms with Gasteiger partial charge in [0.1, 0.15) is 0 Å². The van der Waals surface area contributed by atoms with E-state index in [1.807, 2.05) is 18.2 Å². The summed E-state index contributed by atoms with van der Waals surface area (Å²) in [4.78, 5) is 16.3. The minimum Gasteiger partial charge on any atom is -0.465 e. The summed E-state index contributed by atoms with van der Waals surface area (Å²) in [5.74, 6) is -0.0382. The molecule has 0 aliphatic carbocycles. The third-order valence-electron chi connectivity index (χ3n) is 4.10. The van der Waals surface area contributed by atoms with Gasteiger partial charge in [-0.3, -0.25) is 4.98 Å². The Kier molecular flexibility index (Phi) is 5.70. The smallest absolute Gasteiger partial charge is 0.465 e. The molecule has 0 bridgehead atoms. The van der Waals surface area contributed by atoms with Crippen molar-refractivity contribution in [2.75, 3.05) is 19.6 Å². The summed E-state index contributed by atoms with van der Waals surface area (Å²) in [5, 5.41) is 12.3. The molecule has 27 heavy (non-hydrogen) atoms. The summed E-state index contributed by atoms with van der Waals surface area (Å²) in [7, 11) is 0. The molecule has 7 nitrogen and oxygen atoms in total. The predicted molar refractivity (Wildman–Crippen MR) is 92.0 cm³/mol. The first-order valence-electron chi connectivity index (χ1n) is 8.39. The average molecular weight is 379 g/mol. The number of pyridine rings is 1. The highest BCUT2D eigenvalue weighted by molar-refractivity contribution is 5.65. The maximum Gasteiger partial charge on any atom is 0.586 e. The number of carboxylic acid groups (broad SMARTS) is 1. The van der Waals surface area contributed by atoms with E-state index in [4.69, 9.17) is 5.11 Å². The average Bonchev–Trinajstić information content (AvgIpc) is 2.97. The van der Waals surface area contributed by atoms with E-state index in [0.717, 1.165) is 5.56 Å². The van der Waals surface area contributed by atoms with Crippen LogP contribution in [-0.2, 0) is 6.42 Å². The molecule has 1 saturated heterocycles. The van der Waals surface area contributed by atoms with Crippen LogP contribution in [0.15, 0.2) is 48.8 Å². The lowest BCUT2D eigenvalue weighted by Gasteiger charge is -2.34. The highest BCUT2D eigenvalue weighted by Gasteiger charge is 2.43. The van der Waals surface area contributed by atoms with Gasteiger partial charge in [0.2, 0.25) is 0 Å². The van der Waals surface area contributed by atoms with Crippen LogP contribution in [0, 0.1) is 0 Å². The number of ether oxygens (including phenoxy) is 2. The number of alkyl halides is 2. The van der Waals surface area contributed by atoms with Crippen LogP contribution in [0.2, 0.25) is 0 Å². The van der Waals surface area contributed by atoms with Crippen LogP contribution < -0.4 is 14.8 Å². The third-order valence-corrected chi connectivity index (χ3v) is 4.10. The summed E-state index contributed by atoms with van der Waals surface area (Å²) in [6.45, 7) is 1.54. The Hall–Kier alpha value is -2.94. The SMILES string of the molecule is O=C(O)N1CCNCC1Cc1ccc2c(c1)OC(F)(F)O2.c1ccncc1. The van der Waals surface area contributed by atoms with Gasteiger partial charge in [-0.2, -0.15) is 0 Å². The van der Waals surface area contributed by atoms with Crippen molar-refractivity contribution in [1.82, 2.24) is 15.2 Å². The number of rotatable bonds is 2. The van der Waals surface area contributed by atoms with Gasteiger partial charge in [0.25, 0.3) is 0 Å². The first-order chi connectivity index (χ1) is 12.9. The van der Waals surface area contributed by atoms with Gasteiger partial charge in [-0.1, -0.05) is 12.1 Å². The van der Waals surface area contributed by atoms with E-state index in [1.54, 1.807) is 18.5 Å². The minimum atomic E-state index is -3.64. The van der Waals surface area contributed by atoms with Crippen molar-refractivity contribution < 1.29 is 28.2 Å². The molecule has 0 spiro atoms. The second-order valence-electron chi connectivity index (χ2n) is 6.01. The van der Waals surface area contributed by atoms with E-state index in [1.165, 1.54) is 17.0 Å². The maximum atomic E-state index is 13.0. The van der Waals surface area contributed by atoms with Gasteiger partial charge in [-0.25, -0.2) is 4.79 Å². The molecule has 0 radical (unpaired) electrons. The van der Waals surface area contributed by atoms with Crippen LogP contribution in [0.3, 0.4) is 0 Å². The van der Waals surface area contributed by atoms with Gasteiger partial charge in [-0.15, -0.1) is 8.78 Å². The van der Waals surface area contributed by atoms with Gasteiger partial charge in [0, 0.05) is 32.0 Å². The molecular formula is C18H19F2N3O4. The first kappa shape index (κ1) is 18.8. The number of piperazine rings is 1. The fourth-order valence-electron chi connectivity index (χ4n) is 2.90. The predicted octanol–water partition coefficient (Wildman–Crippen LogP) is 2.58. The summed E-state index contributed by atoms with van der Waals surface area (Å²) >= 11 is 0. The van der Waals surface area contributed by atoms with Crippen molar-refractivity contribution in [3.05, 3.63) is 54.4 Å². The molecule has 1 fully saturated rings. The van der Waals surface area contributed by atoms with Crippen LogP contribution in [0.25, 0.3) is 0 Å². The van der Waals surface area contributed by atoms with Crippen molar-refractivity contribution in [3.63, 3.8) is 0 Å². The van der Waals surface area contributed by atoms with E-state index in [-0.39, 0.29) is 17.5 Å². The number of hydrogen-bond donors (Lipinski definition) is 2. The molecule has 1 aromatic heterocycles. The maximum absolute atomic E-state index is 13.0. The lowest BCUT2D eigenvalue weighted by atomic mass is 10.0. The number of nitrogens with zero attached hydrogens (tertiary/aromatic N) is 2. The van der Waals surface area contributed by atoms with Crippen LogP contribution >= 0.6 is 0 Å². The van der Waals surface area contributed by atoms with Gasteiger partial charge >= 0.3 is 12.4 Å². The number of amides is 1. The molecule has 3 heterocycles. The molecule has 144 valence electrons. The highest BCUT2D eigenvalue weighted by Crippen LogP contribution is 2.41. The number of benzene rings is 1. The van der Waals surface area contributed by atoms with Crippen molar-refractivity contribution in [3.8, 4) is 11.5 Å². The Labute approximate surface area is 154 Å². The number of carbonyl (C=O) groups is 1.